The van der Waals surface area contributed by atoms with Crippen LogP contribution in [0.2, 0.25) is 0 Å². The third-order valence-corrected chi connectivity index (χ3v) is 3.79. The van der Waals surface area contributed by atoms with E-state index in [4.69, 9.17) is 0 Å². The predicted molar refractivity (Wildman–Crippen MR) is 67.6 cm³/mol. The van der Waals surface area contributed by atoms with Crippen LogP contribution < -0.4 is 15.0 Å². The molecule has 6 heteroatoms. The van der Waals surface area contributed by atoms with Crippen molar-refractivity contribution in [1.29, 1.82) is 0 Å². The number of nitrogens with zero attached hydrogens (tertiary/aromatic N) is 2. The maximum Gasteiger partial charge on any atom is 0.387 e. The molecule has 2 saturated heterocycles. The predicted octanol–water partition coefficient (Wildman–Crippen LogP) is 2.01. The minimum absolute atomic E-state index is 0.105. The van der Waals surface area contributed by atoms with Gasteiger partial charge in [-0.2, -0.15) is 8.78 Å². The second-order valence-corrected chi connectivity index (χ2v) is 5.10. The topological polar surface area (TPSA) is 37.4 Å². The van der Waals surface area contributed by atoms with Crippen LogP contribution in [0.15, 0.2) is 18.3 Å². The molecule has 104 valence electrons. The van der Waals surface area contributed by atoms with Crippen molar-refractivity contribution in [2.45, 2.75) is 38.0 Å². The first-order chi connectivity index (χ1) is 9.20. The van der Waals surface area contributed by atoms with E-state index in [1.165, 1.54) is 19.0 Å². The zero-order valence-corrected chi connectivity index (χ0v) is 10.6. The summed E-state index contributed by atoms with van der Waals surface area (Å²) in [6.45, 7) is -0.917. The second-order valence-electron chi connectivity index (χ2n) is 5.10. The Hall–Kier alpha value is -1.43. The first kappa shape index (κ1) is 12.6. The molecule has 2 aliphatic rings. The van der Waals surface area contributed by atoms with Gasteiger partial charge in [-0.05, 0) is 31.4 Å². The van der Waals surface area contributed by atoms with Gasteiger partial charge < -0.3 is 15.0 Å². The summed E-state index contributed by atoms with van der Waals surface area (Å²) in [7, 11) is 0. The Labute approximate surface area is 110 Å². The monoisotopic (exact) mass is 269 g/mol. The molecule has 0 aromatic carbocycles. The lowest BCUT2D eigenvalue weighted by Gasteiger charge is -2.25. The molecule has 3 heterocycles. The minimum Gasteiger partial charge on any atom is -0.433 e. The first-order valence-corrected chi connectivity index (χ1v) is 6.62. The van der Waals surface area contributed by atoms with Gasteiger partial charge in [0.2, 0.25) is 0 Å². The SMILES string of the molecule is FC(F)Oc1ccc(N2CCC3CCC(C2)N3)nc1. The first-order valence-electron chi connectivity index (χ1n) is 6.62. The molecular weight excluding hydrogens is 252 g/mol. The van der Waals surface area contributed by atoms with Gasteiger partial charge in [-0.15, -0.1) is 0 Å². The summed E-state index contributed by atoms with van der Waals surface area (Å²) in [6.07, 6.45) is 4.92. The Kier molecular flexibility index (Phi) is 3.50. The molecule has 0 amide bonds. The summed E-state index contributed by atoms with van der Waals surface area (Å²) >= 11 is 0. The van der Waals surface area contributed by atoms with Gasteiger partial charge in [0.15, 0.2) is 0 Å². The Morgan fingerprint density at radius 3 is 2.84 bits per heavy atom. The molecule has 4 nitrogen and oxygen atoms in total. The van der Waals surface area contributed by atoms with E-state index in [0.29, 0.717) is 12.1 Å². The van der Waals surface area contributed by atoms with Crippen LogP contribution in [-0.4, -0.2) is 36.8 Å². The minimum atomic E-state index is -2.80. The number of aromatic nitrogens is 1. The number of hydrogen-bond acceptors (Lipinski definition) is 4. The zero-order chi connectivity index (χ0) is 13.2. The number of ether oxygens (including phenoxy) is 1. The molecule has 1 aromatic heterocycles. The Balaban J connectivity index is 1.68. The van der Waals surface area contributed by atoms with Gasteiger partial charge in [0.25, 0.3) is 0 Å². The van der Waals surface area contributed by atoms with Gasteiger partial charge in [-0.3, -0.25) is 0 Å². The summed E-state index contributed by atoms with van der Waals surface area (Å²) in [5, 5.41) is 3.60. The number of hydrogen-bond donors (Lipinski definition) is 1. The molecule has 2 unspecified atom stereocenters. The van der Waals surface area contributed by atoms with Crippen LogP contribution in [-0.2, 0) is 0 Å². The fraction of sp³-hybridized carbons (Fsp3) is 0.615. The lowest BCUT2D eigenvalue weighted by atomic mass is 10.1. The summed E-state index contributed by atoms with van der Waals surface area (Å²) in [4.78, 5) is 6.43. The second kappa shape index (κ2) is 5.28. The lowest BCUT2D eigenvalue weighted by molar-refractivity contribution is -0.0500. The molecule has 0 aliphatic carbocycles. The molecule has 2 aliphatic heterocycles. The molecule has 0 spiro atoms. The van der Waals surface area contributed by atoms with Gasteiger partial charge in [0.05, 0.1) is 6.20 Å². The van der Waals surface area contributed by atoms with Crippen molar-refractivity contribution >= 4 is 5.82 Å². The smallest absolute Gasteiger partial charge is 0.387 e. The number of fused-ring (bicyclic) bond motifs is 2. The van der Waals surface area contributed by atoms with Crippen molar-refractivity contribution in [2.24, 2.45) is 0 Å². The molecule has 0 radical (unpaired) electrons. The number of anilines is 1. The molecule has 19 heavy (non-hydrogen) atoms. The van der Waals surface area contributed by atoms with E-state index in [1.54, 1.807) is 12.1 Å². The normalized spacial score (nSPS) is 26.6. The van der Waals surface area contributed by atoms with Crippen molar-refractivity contribution in [2.75, 3.05) is 18.0 Å². The third-order valence-electron chi connectivity index (χ3n) is 3.79. The highest BCUT2D eigenvalue weighted by Crippen LogP contribution is 2.24. The van der Waals surface area contributed by atoms with E-state index >= 15 is 0 Å². The third kappa shape index (κ3) is 2.94. The molecule has 1 aromatic rings. The van der Waals surface area contributed by atoms with Crippen LogP contribution in [0.3, 0.4) is 0 Å². The van der Waals surface area contributed by atoms with Gasteiger partial charge in [-0.25, -0.2) is 4.98 Å². The zero-order valence-electron chi connectivity index (χ0n) is 10.6. The van der Waals surface area contributed by atoms with E-state index in [0.717, 1.165) is 25.3 Å². The van der Waals surface area contributed by atoms with Gasteiger partial charge in [-0.1, -0.05) is 0 Å². The number of nitrogens with one attached hydrogen (secondary N) is 1. The Morgan fingerprint density at radius 2 is 2.11 bits per heavy atom. The highest BCUT2D eigenvalue weighted by atomic mass is 19.3. The number of alkyl halides is 2. The largest absolute Gasteiger partial charge is 0.433 e. The van der Waals surface area contributed by atoms with E-state index < -0.39 is 6.61 Å². The standard InChI is InChI=1S/C13H17F2N3O/c14-13(15)19-11-3-4-12(16-7-11)18-6-5-9-1-2-10(8-18)17-9/h3-4,7,9-10,13,17H,1-2,5-6,8H2. The van der Waals surface area contributed by atoms with Gasteiger partial charge in [0.1, 0.15) is 11.6 Å². The highest BCUT2D eigenvalue weighted by Gasteiger charge is 2.29. The number of pyridine rings is 1. The van der Waals surface area contributed by atoms with Crippen LogP contribution in [0.4, 0.5) is 14.6 Å². The van der Waals surface area contributed by atoms with Crippen LogP contribution >= 0.6 is 0 Å². The Morgan fingerprint density at radius 1 is 1.26 bits per heavy atom. The fourth-order valence-electron chi connectivity index (χ4n) is 2.88. The number of rotatable bonds is 3. The summed E-state index contributed by atoms with van der Waals surface area (Å²) in [6, 6.07) is 4.43. The maximum absolute atomic E-state index is 12.1. The molecule has 2 fully saturated rings. The van der Waals surface area contributed by atoms with Crippen molar-refractivity contribution in [3.63, 3.8) is 0 Å². The molecule has 1 N–H and O–H groups in total. The molecule has 2 atom stereocenters. The van der Waals surface area contributed by atoms with Crippen LogP contribution in [0.1, 0.15) is 19.3 Å². The summed E-state index contributed by atoms with van der Waals surface area (Å²) in [5.41, 5.74) is 0. The van der Waals surface area contributed by atoms with Crippen molar-refractivity contribution in [1.82, 2.24) is 10.3 Å². The van der Waals surface area contributed by atoms with Gasteiger partial charge >= 0.3 is 6.61 Å². The van der Waals surface area contributed by atoms with Gasteiger partial charge in [0, 0.05) is 25.2 Å². The van der Waals surface area contributed by atoms with Crippen molar-refractivity contribution < 1.29 is 13.5 Å². The van der Waals surface area contributed by atoms with E-state index in [1.807, 2.05) is 0 Å². The fourth-order valence-corrected chi connectivity index (χ4v) is 2.88. The van der Waals surface area contributed by atoms with Crippen LogP contribution in [0.5, 0.6) is 5.75 Å². The molecule has 2 bridgehead atoms. The summed E-state index contributed by atoms with van der Waals surface area (Å²) in [5.74, 6) is 0.934. The van der Waals surface area contributed by atoms with Crippen molar-refractivity contribution in [3.05, 3.63) is 18.3 Å². The lowest BCUT2D eigenvalue weighted by Crippen LogP contribution is -2.35. The molecule has 0 saturated carbocycles. The molecule has 3 rings (SSSR count). The highest BCUT2D eigenvalue weighted by molar-refractivity contribution is 5.41. The van der Waals surface area contributed by atoms with E-state index in [-0.39, 0.29) is 5.75 Å². The molecular formula is C13H17F2N3O. The average molecular weight is 269 g/mol. The van der Waals surface area contributed by atoms with E-state index in [9.17, 15) is 8.78 Å². The number of halogens is 2. The maximum atomic E-state index is 12.1. The van der Waals surface area contributed by atoms with Crippen LogP contribution in [0.25, 0.3) is 0 Å². The average Bonchev–Trinajstić information content (AvgIpc) is 2.70. The van der Waals surface area contributed by atoms with Crippen LogP contribution in [0, 0.1) is 0 Å². The van der Waals surface area contributed by atoms with Crippen molar-refractivity contribution in [3.8, 4) is 5.75 Å². The quantitative estimate of drug-likeness (QED) is 0.911. The Bertz CT molecular complexity index is 426. The van der Waals surface area contributed by atoms with E-state index in [2.05, 4.69) is 19.9 Å². The summed E-state index contributed by atoms with van der Waals surface area (Å²) < 4.78 is 28.4.